The Bertz CT molecular complexity index is 361. The van der Waals surface area contributed by atoms with Crippen LogP contribution in [-0.4, -0.2) is 10.9 Å². The minimum absolute atomic E-state index is 0.0109. The maximum atomic E-state index is 11.5. The minimum atomic E-state index is -0.0265. The number of hydrogen-bond acceptors (Lipinski definition) is 2. The molecule has 3 nitrogen and oxygen atoms in total. The fraction of sp³-hybridized carbons (Fsp3) is 0.538. The standard InChI is InChI=1S/C13H20N2O/c1-5-11-7-6-8-12(15-11)10(4)14-13(16)9(2)3/h6-10H,5H2,1-4H3,(H,14,16). The van der Waals surface area contributed by atoms with Gasteiger partial charge in [-0.1, -0.05) is 26.8 Å². The van der Waals surface area contributed by atoms with Gasteiger partial charge < -0.3 is 5.32 Å². The Morgan fingerprint density at radius 2 is 2.06 bits per heavy atom. The average Bonchev–Trinajstić information content (AvgIpc) is 2.28. The van der Waals surface area contributed by atoms with Crippen molar-refractivity contribution in [1.82, 2.24) is 10.3 Å². The molecule has 0 saturated carbocycles. The van der Waals surface area contributed by atoms with Gasteiger partial charge in [0.2, 0.25) is 5.91 Å². The first-order chi connectivity index (χ1) is 7.54. The Balaban J connectivity index is 2.72. The Kier molecular flexibility index (Phi) is 4.47. The molecule has 1 aromatic rings. The van der Waals surface area contributed by atoms with E-state index < -0.39 is 0 Å². The third kappa shape index (κ3) is 3.33. The summed E-state index contributed by atoms with van der Waals surface area (Å²) < 4.78 is 0. The lowest BCUT2D eigenvalue weighted by Crippen LogP contribution is -2.30. The Labute approximate surface area is 97.3 Å². The van der Waals surface area contributed by atoms with Crippen molar-refractivity contribution in [3.05, 3.63) is 29.6 Å². The Morgan fingerprint density at radius 3 is 2.62 bits per heavy atom. The highest BCUT2D eigenvalue weighted by Crippen LogP contribution is 2.11. The van der Waals surface area contributed by atoms with Crippen LogP contribution >= 0.6 is 0 Å². The number of aromatic nitrogens is 1. The Hall–Kier alpha value is -1.38. The van der Waals surface area contributed by atoms with Gasteiger partial charge in [-0.3, -0.25) is 9.78 Å². The molecule has 1 N–H and O–H groups in total. The van der Waals surface area contributed by atoms with E-state index in [0.717, 1.165) is 17.8 Å². The molecule has 88 valence electrons. The summed E-state index contributed by atoms with van der Waals surface area (Å²) in [6.45, 7) is 7.81. The number of rotatable bonds is 4. The van der Waals surface area contributed by atoms with Gasteiger partial charge in [-0.05, 0) is 25.5 Å². The number of hydrogen-bond donors (Lipinski definition) is 1. The summed E-state index contributed by atoms with van der Waals surface area (Å²) in [6, 6.07) is 5.91. The van der Waals surface area contributed by atoms with Crippen LogP contribution in [0.3, 0.4) is 0 Å². The molecule has 1 unspecified atom stereocenters. The van der Waals surface area contributed by atoms with E-state index in [-0.39, 0.29) is 17.9 Å². The molecule has 0 fully saturated rings. The second kappa shape index (κ2) is 5.64. The van der Waals surface area contributed by atoms with Crippen molar-refractivity contribution >= 4 is 5.91 Å². The summed E-state index contributed by atoms with van der Waals surface area (Å²) in [5.41, 5.74) is 1.98. The van der Waals surface area contributed by atoms with Crippen molar-refractivity contribution < 1.29 is 4.79 Å². The van der Waals surface area contributed by atoms with Gasteiger partial charge >= 0.3 is 0 Å². The molecule has 16 heavy (non-hydrogen) atoms. The van der Waals surface area contributed by atoms with Crippen molar-refractivity contribution in [2.45, 2.75) is 40.2 Å². The van der Waals surface area contributed by atoms with E-state index in [1.807, 2.05) is 39.0 Å². The first kappa shape index (κ1) is 12.7. The molecule has 1 rings (SSSR count). The van der Waals surface area contributed by atoms with Crippen molar-refractivity contribution in [3.63, 3.8) is 0 Å². The molecule has 0 spiro atoms. The molecule has 1 atom stereocenters. The fourth-order valence-corrected chi connectivity index (χ4v) is 1.39. The molecule has 1 heterocycles. The van der Waals surface area contributed by atoms with E-state index in [0.29, 0.717) is 0 Å². The molecule has 0 bridgehead atoms. The molecular weight excluding hydrogens is 200 g/mol. The summed E-state index contributed by atoms with van der Waals surface area (Å²) in [5.74, 6) is 0.0769. The van der Waals surface area contributed by atoms with Gasteiger partial charge in [0.05, 0.1) is 11.7 Å². The van der Waals surface area contributed by atoms with Gasteiger partial charge in [-0.15, -0.1) is 0 Å². The normalized spacial score (nSPS) is 12.6. The van der Waals surface area contributed by atoms with Crippen molar-refractivity contribution in [3.8, 4) is 0 Å². The largest absolute Gasteiger partial charge is 0.348 e. The van der Waals surface area contributed by atoms with E-state index in [2.05, 4.69) is 17.2 Å². The van der Waals surface area contributed by atoms with Crippen LogP contribution < -0.4 is 5.32 Å². The van der Waals surface area contributed by atoms with Crippen LogP contribution in [0.15, 0.2) is 18.2 Å². The second-order valence-corrected chi connectivity index (χ2v) is 4.29. The first-order valence-electron chi connectivity index (χ1n) is 5.80. The Morgan fingerprint density at radius 1 is 1.38 bits per heavy atom. The van der Waals surface area contributed by atoms with Crippen LogP contribution in [0, 0.1) is 5.92 Å². The maximum absolute atomic E-state index is 11.5. The number of carbonyl (C=O) groups is 1. The number of pyridine rings is 1. The summed E-state index contributed by atoms with van der Waals surface area (Å²) >= 11 is 0. The first-order valence-corrected chi connectivity index (χ1v) is 5.80. The van der Waals surface area contributed by atoms with Crippen LogP contribution in [-0.2, 0) is 11.2 Å². The highest BCUT2D eigenvalue weighted by Gasteiger charge is 2.13. The molecule has 3 heteroatoms. The molecule has 0 aliphatic rings. The van der Waals surface area contributed by atoms with Gasteiger partial charge in [0, 0.05) is 11.6 Å². The van der Waals surface area contributed by atoms with Crippen molar-refractivity contribution in [2.24, 2.45) is 5.92 Å². The average molecular weight is 220 g/mol. The number of nitrogens with zero attached hydrogens (tertiary/aromatic N) is 1. The van der Waals surface area contributed by atoms with Crippen molar-refractivity contribution in [2.75, 3.05) is 0 Å². The van der Waals surface area contributed by atoms with Gasteiger partial charge in [-0.25, -0.2) is 0 Å². The zero-order chi connectivity index (χ0) is 12.1. The van der Waals surface area contributed by atoms with E-state index in [1.54, 1.807) is 0 Å². The summed E-state index contributed by atoms with van der Waals surface area (Å²) in [5, 5.41) is 2.95. The zero-order valence-corrected chi connectivity index (χ0v) is 10.4. The topological polar surface area (TPSA) is 42.0 Å². The van der Waals surface area contributed by atoms with Gasteiger partial charge in [0.25, 0.3) is 0 Å². The van der Waals surface area contributed by atoms with Gasteiger partial charge in [-0.2, -0.15) is 0 Å². The number of nitrogens with one attached hydrogen (secondary N) is 1. The predicted molar refractivity (Wildman–Crippen MR) is 65.0 cm³/mol. The maximum Gasteiger partial charge on any atom is 0.223 e. The molecule has 0 aliphatic carbocycles. The molecule has 0 saturated heterocycles. The molecule has 0 radical (unpaired) electrons. The summed E-state index contributed by atoms with van der Waals surface area (Å²) in [7, 11) is 0. The molecule has 0 aliphatic heterocycles. The lowest BCUT2D eigenvalue weighted by atomic mass is 10.1. The van der Waals surface area contributed by atoms with E-state index >= 15 is 0 Å². The smallest absolute Gasteiger partial charge is 0.223 e. The van der Waals surface area contributed by atoms with E-state index in [9.17, 15) is 4.79 Å². The predicted octanol–water partition coefficient (Wildman–Crippen LogP) is 2.48. The highest BCUT2D eigenvalue weighted by molar-refractivity contribution is 5.78. The minimum Gasteiger partial charge on any atom is -0.348 e. The third-order valence-corrected chi connectivity index (χ3v) is 2.52. The van der Waals surface area contributed by atoms with Gasteiger partial charge in [0.15, 0.2) is 0 Å². The van der Waals surface area contributed by atoms with Crippen LogP contribution in [0.5, 0.6) is 0 Å². The van der Waals surface area contributed by atoms with Gasteiger partial charge in [0.1, 0.15) is 0 Å². The lowest BCUT2D eigenvalue weighted by molar-refractivity contribution is -0.124. The number of amides is 1. The molecule has 0 aromatic carbocycles. The summed E-state index contributed by atoms with van der Waals surface area (Å²) in [6.07, 6.45) is 0.915. The van der Waals surface area contributed by atoms with E-state index in [1.165, 1.54) is 0 Å². The fourth-order valence-electron chi connectivity index (χ4n) is 1.39. The second-order valence-electron chi connectivity index (χ2n) is 4.29. The molecular formula is C13H20N2O. The quantitative estimate of drug-likeness (QED) is 0.847. The number of carbonyl (C=O) groups excluding carboxylic acids is 1. The van der Waals surface area contributed by atoms with E-state index in [4.69, 9.17) is 0 Å². The number of aryl methyl sites for hydroxylation is 1. The SMILES string of the molecule is CCc1cccc(C(C)NC(=O)C(C)C)n1. The van der Waals surface area contributed by atoms with Crippen LogP contribution in [0.4, 0.5) is 0 Å². The van der Waals surface area contributed by atoms with Crippen molar-refractivity contribution in [1.29, 1.82) is 0 Å². The zero-order valence-electron chi connectivity index (χ0n) is 10.4. The van der Waals surface area contributed by atoms with Crippen LogP contribution in [0.1, 0.15) is 45.1 Å². The summed E-state index contributed by atoms with van der Waals surface area (Å²) in [4.78, 5) is 16.0. The third-order valence-electron chi connectivity index (χ3n) is 2.52. The molecule has 1 amide bonds. The van der Waals surface area contributed by atoms with Crippen LogP contribution in [0.25, 0.3) is 0 Å². The molecule has 1 aromatic heterocycles. The monoisotopic (exact) mass is 220 g/mol. The van der Waals surface area contributed by atoms with Crippen LogP contribution in [0.2, 0.25) is 0 Å². The lowest BCUT2D eigenvalue weighted by Gasteiger charge is -2.15. The highest BCUT2D eigenvalue weighted by atomic mass is 16.1.